The highest BCUT2D eigenvalue weighted by atomic mass is 19.4. The molecule has 0 amide bonds. The maximum atomic E-state index is 13.3. The molecule has 0 aliphatic rings. The first-order chi connectivity index (χ1) is 7.40. The quantitative estimate of drug-likeness (QED) is 0.609. The zero-order valence-corrected chi connectivity index (χ0v) is 8.40. The van der Waals surface area contributed by atoms with Gasteiger partial charge >= 0.3 is 6.18 Å². The number of benzene rings is 1. The van der Waals surface area contributed by atoms with Crippen LogP contribution >= 0.6 is 0 Å². The fourth-order valence-corrected chi connectivity index (χ4v) is 1.27. The lowest BCUT2D eigenvalue weighted by Gasteiger charge is -2.14. The number of nitrogens with one attached hydrogen (secondary N) is 1. The van der Waals surface area contributed by atoms with Gasteiger partial charge in [-0.3, -0.25) is 0 Å². The minimum atomic E-state index is -4.50. The summed E-state index contributed by atoms with van der Waals surface area (Å²) in [6, 6.07) is 1.29. The van der Waals surface area contributed by atoms with Crippen LogP contribution in [0.1, 0.15) is 17.2 Å². The Labute approximate surface area is 90.5 Å². The van der Waals surface area contributed by atoms with Gasteiger partial charge in [0, 0.05) is 5.56 Å². The second-order valence-electron chi connectivity index (χ2n) is 3.12. The van der Waals surface area contributed by atoms with E-state index in [-0.39, 0.29) is 5.56 Å². The van der Waals surface area contributed by atoms with E-state index in [9.17, 15) is 17.6 Å². The van der Waals surface area contributed by atoms with Gasteiger partial charge in [0.05, 0.1) is 11.6 Å². The zero-order chi connectivity index (χ0) is 12.3. The van der Waals surface area contributed by atoms with Crippen molar-refractivity contribution < 1.29 is 17.6 Å². The third-order valence-corrected chi connectivity index (χ3v) is 2.09. The molecule has 1 nitrogen and oxygen atoms in total. The van der Waals surface area contributed by atoms with Gasteiger partial charge in [-0.15, -0.1) is 6.42 Å². The molecule has 0 radical (unpaired) electrons. The maximum absolute atomic E-state index is 13.3. The fourth-order valence-electron chi connectivity index (χ4n) is 1.27. The highest BCUT2D eigenvalue weighted by Crippen LogP contribution is 2.31. The minimum Gasteiger partial charge on any atom is -0.303 e. The zero-order valence-electron chi connectivity index (χ0n) is 8.40. The molecule has 0 heterocycles. The predicted octanol–water partition coefficient (Wildman–Crippen LogP) is 2.74. The van der Waals surface area contributed by atoms with E-state index in [1.165, 1.54) is 7.05 Å². The lowest BCUT2D eigenvalue weighted by molar-refractivity contribution is -0.137. The van der Waals surface area contributed by atoms with Crippen molar-refractivity contribution in [3.05, 3.63) is 35.1 Å². The third kappa shape index (κ3) is 2.52. The highest BCUT2D eigenvalue weighted by molar-refractivity contribution is 5.33. The summed E-state index contributed by atoms with van der Waals surface area (Å²) in [5.41, 5.74) is -1.10. The second-order valence-corrected chi connectivity index (χ2v) is 3.12. The summed E-state index contributed by atoms with van der Waals surface area (Å²) in [7, 11) is 1.45. The first-order valence-electron chi connectivity index (χ1n) is 4.40. The van der Waals surface area contributed by atoms with E-state index in [0.29, 0.717) is 6.07 Å². The smallest absolute Gasteiger partial charge is 0.303 e. The molecule has 0 spiro atoms. The van der Waals surface area contributed by atoms with Crippen molar-refractivity contribution in [1.29, 1.82) is 0 Å². The molecule has 0 bridgehead atoms. The monoisotopic (exact) mass is 231 g/mol. The van der Waals surface area contributed by atoms with Crippen LogP contribution in [0.25, 0.3) is 0 Å². The molecule has 0 fully saturated rings. The molecule has 1 aromatic rings. The van der Waals surface area contributed by atoms with E-state index >= 15 is 0 Å². The Kier molecular flexibility index (Phi) is 3.55. The van der Waals surface area contributed by atoms with E-state index in [1.54, 1.807) is 0 Å². The van der Waals surface area contributed by atoms with E-state index in [1.807, 2.05) is 0 Å². The first kappa shape index (κ1) is 12.5. The van der Waals surface area contributed by atoms with Crippen LogP contribution in [0.2, 0.25) is 0 Å². The Bertz CT molecular complexity index is 417. The summed E-state index contributed by atoms with van der Waals surface area (Å²) in [6.45, 7) is 0. The number of rotatable bonds is 2. The Morgan fingerprint density at radius 3 is 2.44 bits per heavy atom. The Morgan fingerprint density at radius 2 is 2.00 bits per heavy atom. The van der Waals surface area contributed by atoms with Crippen molar-refractivity contribution in [3.8, 4) is 12.3 Å². The van der Waals surface area contributed by atoms with Gasteiger partial charge in [-0.2, -0.15) is 13.2 Å². The molecule has 16 heavy (non-hydrogen) atoms. The van der Waals surface area contributed by atoms with Gasteiger partial charge in [0.1, 0.15) is 5.82 Å². The van der Waals surface area contributed by atoms with E-state index in [4.69, 9.17) is 6.42 Å². The van der Waals surface area contributed by atoms with Crippen LogP contribution in [0.15, 0.2) is 18.2 Å². The van der Waals surface area contributed by atoms with Crippen molar-refractivity contribution in [2.45, 2.75) is 12.2 Å². The standard InChI is InChI=1S/C11H9F4N/c1-3-10(16-2)8-6-7(11(13,14)15)4-5-9(8)12/h1,4-6,10,16H,2H3. The van der Waals surface area contributed by atoms with Gasteiger partial charge in [-0.1, -0.05) is 5.92 Å². The topological polar surface area (TPSA) is 12.0 Å². The minimum absolute atomic E-state index is 0.181. The first-order valence-corrected chi connectivity index (χ1v) is 4.40. The van der Waals surface area contributed by atoms with E-state index < -0.39 is 23.6 Å². The average Bonchev–Trinajstić information content (AvgIpc) is 2.20. The van der Waals surface area contributed by atoms with Gasteiger partial charge in [0.2, 0.25) is 0 Å². The Hall–Kier alpha value is -1.54. The Balaban J connectivity index is 3.25. The summed E-state index contributed by atoms with van der Waals surface area (Å²) in [4.78, 5) is 0. The largest absolute Gasteiger partial charge is 0.416 e. The molecular weight excluding hydrogens is 222 g/mol. The summed E-state index contributed by atoms with van der Waals surface area (Å²) in [5.74, 6) is 1.41. The molecule has 0 aliphatic carbocycles. The van der Waals surface area contributed by atoms with Gasteiger partial charge in [-0.05, 0) is 25.2 Å². The van der Waals surface area contributed by atoms with Crippen LogP contribution in [0.4, 0.5) is 17.6 Å². The number of hydrogen-bond donors (Lipinski definition) is 1. The lowest BCUT2D eigenvalue weighted by atomic mass is 10.0. The van der Waals surface area contributed by atoms with Crippen LogP contribution in [-0.2, 0) is 6.18 Å². The Morgan fingerprint density at radius 1 is 1.38 bits per heavy atom. The normalized spacial score (nSPS) is 13.2. The molecule has 0 saturated carbocycles. The second kappa shape index (κ2) is 4.54. The van der Waals surface area contributed by atoms with Crippen LogP contribution in [0, 0.1) is 18.2 Å². The molecule has 1 atom stereocenters. The molecule has 1 aromatic carbocycles. The van der Waals surface area contributed by atoms with E-state index in [2.05, 4.69) is 11.2 Å². The van der Waals surface area contributed by atoms with Gasteiger partial charge in [0.15, 0.2) is 0 Å². The van der Waals surface area contributed by atoms with Gasteiger partial charge in [-0.25, -0.2) is 4.39 Å². The number of terminal acetylenes is 1. The molecule has 86 valence electrons. The van der Waals surface area contributed by atoms with Crippen LogP contribution in [0.3, 0.4) is 0 Å². The van der Waals surface area contributed by atoms with Crippen molar-refractivity contribution in [3.63, 3.8) is 0 Å². The number of alkyl halides is 3. The molecular formula is C11H9F4N. The maximum Gasteiger partial charge on any atom is 0.416 e. The van der Waals surface area contributed by atoms with Crippen LogP contribution < -0.4 is 5.32 Å². The third-order valence-electron chi connectivity index (χ3n) is 2.09. The summed E-state index contributed by atoms with van der Waals surface area (Å²) >= 11 is 0. The van der Waals surface area contributed by atoms with Gasteiger partial charge < -0.3 is 5.32 Å². The summed E-state index contributed by atoms with van der Waals surface area (Å²) in [5, 5.41) is 2.54. The predicted molar refractivity (Wildman–Crippen MR) is 52.0 cm³/mol. The van der Waals surface area contributed by atoms with Crippen LogP contribution in [-0.4, -0.2) is 7.05 Å². The average molecular weight is 231 g/mol. The van der Waals surface area contributed by atoms with Crippen molar-refractivity contribution in [1.82, 2.24) is 5.32 Å². The lowest BCUT2D eigenvalue weighted by Crippen LogP contribution is -2.17. The number of halogens is 4. The molecule has 1 rings (SSSR count). The molecule has 1 unspecified atom stereocenters. The number of hydrogen-bond acceptors (Lipinski definition) is 1. The summed E-state index contributed by atoms with van der Waals surface area (Å²) < 4.78 is 50.4. The summed E-state index contributed by atoms with van der Waals surface area (Å²) in [6.07, 6.45) is 0.578. The molecule has 5 heteroatoms. The molecule has 0 aliphatic heterocycles. The van der Waals surface area contributed by atoms with Crippen molar-refractivity contribution in [2.75, 3.05) is 7.05 Å². The van der Waals surface area contributed by atoms with Crippen molar-refractivity contribution >= 4 is 0 Å². The highest BCUT2D eigenvalue weighted by Gasteiger charge is 2.31. The molecule has 1 N–H and O–H groups in total. The molecule has 0 aromatic heterocycles. The van der Waals surface area contributed by atoms with Gasteiger partial charge in [0.25, 0.3) is 0 Å². The fraction of sp³-hybridized carbons (Fsp3) is 0.273. The van der Waals surface area contributed by atoms with Crippen molar-refractivity contribution in [2.24, 2.45) is 0 Å². The van der Waals surface area contributed by atoms with E-state index in [0.717, 1.165) is 12.1 Å². The van der Waals surface area contributed by atoms with Crippen LogP contribution in [0.5, 0.6) is 0 Å². The SMILES string of the molecule is C#CC(NC)c1cc(C(F)(F)F)ccc1F. The molecule has 0 saturated heterocycles.